The summed E-state index contributed by atoms with van der Waals surface area (Å²) in [4.78, 5) is 2.29. The SMILES string of the molecule is COc1ccc(S(=O)(=O)Nc2ccc(C)cc2Cl)cc1N1CCNCC1. The molecule has 2 aromatic rings. The lowest BCUT2D eigenvalue weighted by Crippen LogP contribution is -2.43. The average molecular weight is 396 g/mol. The molecule has 2 N–H and O–H groups in total. The van der Waals surface area contributed by atoms with E-state index in [2.05, 4.69) is 14.9 Å². The van der Waals surface area contributed by atoms with Gasteiger partial charge in [-0.1, -0.05) is 17.7 Å². The first-order valence-electron chi connectivity index (χ1n) is 8.33. The molecule has 1 aliphatic rings. The van der Waals surface area contributed by atoms with Crippen molar-refractivity contribution in [2.24, 2.45) is 0 Å². The van der Waals surface area contributed by atoms with Gasteiger partial charge in [0.1, 0.15) is 5.75 Å². The van der Waals surface area contributed by atoms with Crippen molar-refractivity contribution in [1.82, 2.24) is 5.32 Å². The van der Waals surface area contributed by atoms with E-state index in [0.29, 0.717) is 16.5 Å². The van der Waals surface area contributed by atoms with Crippen molar-refractivity contribution in [3.8, 4) is 5.75 Å². The number of nitrogens with one attached hydrogen (secondary N) is 2. The second-order valence-corrected chi connectivity index (χ2v) is 8.25. The Hall–Kier alpha value is -1.96. The van der Waals surface area contributed by atoms with E-state index in [1.54, 1.807) is 31.4 Å². The highest BCUT2D eigenvalue weighted by Gasteiger charge is 2.21. The molecule has 3 rings (SSSR count). The summed E-state index contributed by atoms with van der Waals surface area (Å²) in [5.74, 6) is 0.652. The highest BCUT2D eigenvalue weighted by molar-refractivity contribution is 7.92. The lowest BCUT2D eigenvalue weighted by Gasteiger charge is -2.30. The van der Waals surface area contributed by atoms with Crippen LogP contribution in [-0.2, 0) is 10.0 Å². The molecule has 0 bridgehead atoms. The minimum absolute atomic E-state index is 0.170. The summed E-state index contributed by atoms with van der Waals surface area (Å²) >= 11 is 6.16. The van der Waals surface area contributed by atoms with Gasteiger partial charge in [0.15, 0.2) is 0 Å². The molecule has 0 saturated carbocycles. The Kier molecular flexibility index (Phi) is 5.60. The second-order valence-electron chi connectivity index (χ2n) is 6.16. The van der Waals surface area contributed by atoms with Crippen molar-refractivity contribution in [2.75, 3.05) is 42.9 Å². The third kappa shape index (κ3) is 4.06. The van der Waals surface area contributed by atoms with Crippen molar-refractivity contribution in [1.29, 1.82) is 0 Å². The van der Waals surface area contributed by atoms with Crippen molar-refractivity contribution in [3.05, 3.63) is 47.0 Å². The first-order chi connectivity index (χ1) is 12.4. The molecule has 0 radical (unpaired) electrons. The average Bonchev–Trinajstić information content (AvgIpc) is 2.64. The van der Waals surface area contributed by atoms with Crippen LogP contribution in [0.4, 0.5) is 11.4 Å². The van der Waals surface area contributed by atoms with Crippen molar-refractivity contribution in [2.45, 2.75) is 11.8 Å². The molecule has 6 nitrogen and oxygen atoms in total. The maximum atomic E-state index is 12.8. The van der Waals surface area contributed by atoms with Gasteiger partial charge in [-0.05, 0) is 42.8 Å². The Morgan fingerprint density at radius 3 is 2.54 bits per heavy atom. The number of ether oxygens (including phenoxy) is 1. The molecule has 1 fully saturated rings. The molecule has 0 atom stereocenters. The van der Waals surface area contributed by atoms with E-state index in [1.807, 2.05) is 13.0 Å². The smallest absolute Gasteiger partial charge is 0.262 e. The lowest BCUT2D eigenvalue weighted by atomic mass is 10.2. The molecule has 140 valence electrons. The fourth-order valence-corrected chi connectivity index (χ4v) is 4.33. The van der Waals surface area contributed by atoms with Crippen LogP contribution in [0.1, 0.15) is 5.56 Å². The largest absolute Gasteiger partial charge is 0.495 e. The number of halogens is 1. The Morgan fingerprint density at radius 2 is 1.88 bits per heavy atom. The van der Waals surface area contributed by atoms with E-state index in [9.17, 15) is 8.42 Å². The second kappa shape index (κ2) is 7.73. The van der Waals surface area contributed by atoms with Gasteiger partial charge < -0.3 is 15.0 Å². The molecule has 1 aliphatic heterocycles. The Morgan fingerprint density at radius 1 is 1.15 bits per heavy atom. The van der Waals surface area contributed by atoms with Crippen LogP contribution in [0.5, 0.6) is 5.75 Å². The molecular weight excluding hydrogens is 374 g/mol. The minimum Gasteiger partial charge on any atom is -0.495 e. The van der Waals surface area contributed by atoms with E-state index < -0.39 is 10.0 Å². The molecule has 0 amide bonds. The van der Waals surface area contributed by atoms with Crippen molar-refractivity contribution < 1.29 is 13.2 Å². The zero-order valence-corrected chi connectivity index (χ0v) is 16.3. The van der Waals surface area contributed by atoms with E-state index in [1.165, 1.54) is 6.07 Å². The molecule has 0 aliphatic carbocycles. The van der Waals surface area contributed by atoms with E-state index in [0.717, 1.165) is 37.4 Å². The molecule has 1 heterocycles. The number of hydrogen-bond donors (Lipinski definition) is 2. The molecule has 26 heavy (non-hydrogen) atoms. The minimum atomic E-state index is -3.77. The van der Waals surface area contributed by atoms with E-state index >= 15 is 0 Å². The molecule has 0 aromatic heterocycles. The van der Waals surface area contributed by atoms with Crippen LogP contribution in [0.15, 0.2) is 41.3 Å². The van der Waals surface area contributed by atoms with E-state index in [-0.39, 0.29) is 4.90 Å². The quantitative estimate of drug-likeness (QED) is 0.814. The summed E-state index contributed by atoms with van der Waals surface area (Å²) < 4.78 is 33.6. The van der Waals surface area contributed by atoms with Crippen LogP contribution in [0, 0.1) is 6.92 Å². The van der Waals surface area contributed by atoms with Gasteiger partial charge in [0, 0.05) is 26.2 Å². The highest BCUT2D eigenvalue weighted by atomic mass is 35.5. The molecule has 1 saturated heterocycles. The van der Waals surface area contributed by atoms with Crippen molar-refractivity contribution >= 4 is 33.0 Å². The van der Waals surface area contributed by atoms with Gasteiger partial charge in [0.05, 0.1) is 28.4 Å². The number of hydrogen-bond acceptors (Lipinski definition) is 5. The molecule has 8 heteroatoms. The number of sulfonamides is 1. The predicted molar refractivity (Wildman–Crippen MR) is 105 cm³/mol. The van der Waals surface area contributed by atoms with Gasteiger partial charge in [0.25, 0.3) is 10.0 Å². The number of methoxy groups -OCH3 is 1. The number of piperazine rings is 1. The molecule has 2 aromatic carbocycles. The van der Waals surface area contributed by atoms with Gasteiger partial charge in [-0.15, -0.1) is 0 Å². The summed E-state index contributed by atoms with van der Waals surface area (Å²) in [5.41, 5.74) is 2.09. The van der Waals surface area contributed by atoms with E-state index in [4.69, 9.17) is 16.3 Å². The first-order valence-corrected chi connectivity index (χ1v) is 10.2. The van der Waals surface area contributed by atoms with Crippen LogP contribution in [0.3, 0.4) is 0 Å². The lowest BCUT2D eigenvalue weighted by molar-refractivity contribution is 0.412. The summed E-state index contributed by atoms with van der Waals surface area (Å²) in [5, 5.41) is 3.65. The maximum absolute atomic E-state index is 12.8. The van der Waals surface area contributed by atoms with Crippen LogP contribution >= 0.6 is 11.6 Å². The van der Waals surface area contributed by atoms with Crippen molar-refractivity contribution in [3.63, 3.8) is 0 Å². The van der Waals surface area contributed by atoms with Gasteiger partial charge >= 0.3 is 0 Å². The van der Waals surface area contributed by atoms with Gasteiger partial charge in [-0.2, -0.15) is 0 Å². The number of rotatable bonds is 5. The first kappa shape index (κ1) is 18.8. The summed E-state index contributed by atoms with van der Waals surface area (Å²) in [6.45, 7) is 5.16. The standard InChI is InChI=1S/C18H22ClN3O3S/c1-13-3-5-16(15(19)11-13)21-26(23,24)14-4-6-18(25-2)17(12-14)22-9-7-20-8-10-22/h3-6,11-12,20-21H,7-10H2,1-2H3. The maximum Gasteiger partial charge on any atom is 0.262 e. The summed E-state index contributed by atoms with van der Waals surface area (Å²) in [6.07, 6.45) is 0. The van der Waals surface area contributed by atoms with Crippen LogP contribution in [-0.4, -0.2) is 41.7 Å². The topological polar surface area (TPSA) is 70.7 Å². The van der Waals surface area contributed by atoms with Gasteiger partial charge in [-0.3, -0.25) is 4.72 Å². The molecule has 0 unspecified atom stereocenters. The predicted octanol–water partition coefficient (Wildman–Crippen LogP) is 2.87. The zero-order valence-electron chi connectivity index (χ0n) is 14.8. The number of anilines is 2. The fourth-order valence-electron chi connectivity index (χ4n) is 2.90. The summed E-state index contributed by atoms with van der Waals surface area (Å²) in [6, 6.07) is 10.1. The monoisotopic (exact) mass is 395 g/mol. The Bertz CT molecular complexity index is 897. The van der Waals surface area contributed by atoms with Crippen LogP contribution < -0.4 is 19.7 Å². The third-order valence-corrected chi connectivity index (χ3v) is 5.96. The highest BCUT2D eigenvalue weighted by Crippen LogP contribution is 2.32. The normalized spacial score (nSPS) is 15.0. The Labute approximate surface area is 159 Å². The van der Waals surface area contributed by atoms with Crippen LogP contribution in [0.2, 0.25) is 5.02 Å². The van der Waals surface area contributed by atoms with Crippen LogP contribution in [0.25, 0.3) is 0 Å². The number of aryl methyl sites for hydroxylation is 1. The number of nitrogens with zero attached hydrogens (tertiary/aromatic N) is 1. The Balaban J connectivity index is 1.94. The number of benzene rings is 2. The summed E-state index contributed by atoms with van der Waals surface area (Å²) in [7, 11) is -2.18. The van der Waals surface area contributed by atoms with Gasteiger partial charge in [0.2, 0.25) is 0 Å². The fraction of sp³-hybridized carbons (Fsp3) is 0.333. The zero-order chi connectivity index (χ0) is 18.7. The molecular formula is C18H22ClN3O3S. The molecule has 0 spiro atoms. The third-order valence-electron chi connectivity index (χ3n) is 4.29. The van der Waals surface area contributed by atoms with Gasteiger partial charge in [-0.25, -0.2) is 8.42 Å².